The number of urea groups is 1. The molecule has 1 aliphatic rings. The number of alkyl halides is 3. The number of nitrogens with one attached hydrogen (secondary N) is 2. The molecule has 27 heavy (non-hydrogen) atoms. The minimum absolute atomic E-state index is 0.0403. The Morgan fingerprint density at radius 1 is 1.22 bits per heavy atom. The van der Waals surface area contributed by atoms with E-state index in [0.29, 0.717) is 44.2 Å². The van der Waals surface area contributed by atoms with Crippen molar-refractivity contribution < 1.29 is 27.9 Å². The molecule has 1 aromatic carbocycles. The zero-order valence-corrected chi connectivity index (χ0v) is 15.2. The summed E-state index contributed by atoms with van der Waals surface area (Å²) >= 11 is 0. The van der Waals surface area contributed by atoms with Crippen LogP contribution in [0.5, 0.6) is 0 Å². The van der Waals surface area contributed by atoms with Crippen molar-refractivity contribution in [3.05, 3.63) is 35.4 Å². The number of hydrogen-bond donors (Lipinski definition) is 3. The SMILES string of the molecule is CC(CCNC(=O)NC1CCC(C(=O)O)CC1)c1cccc(C(F)(F)F)c1. The molecule has 0 saturated heterocycles. The monoisotopic (exact) mass is 386 g/mol. The lowest BCUT2D eigenvalue weighted by molar-refractivity contribution is -0.143. The summed E-state index contributed by atoms with van der Waals surface area (Å²) in [5.74, 6) is -1.25. The number of carboxylic acid groups (broad SMARTS) is 1. The lowest BCUT2D eigenvalue weighted by Gasteiger charge is -2.27. The second-order valence-electron chi connectivity index (χ2n) is 7.10. The van der Waals surface area contributed by atoms with Crippen molar-refractivity contribution in [3.8, 4) is 0 Å². The maximum atomic E-state index is 12.8. The number of halogens is 3. The summed E-state index contributed by atoms with van der Waals surface area (Å²) in [5, 5.41) is 14.5. The molecule has 1 fully saturated rings. The summed E-state index contributed by atoms with van der Waals surface area (Å²) in [4.78, 5) is 22.9. The summed E-state index contributed by atoms with van der Waals surface area (Å²) < 4.78 is 38.3. The molecule has 1 saturated carbocycles. The van der Waals surface area contributed by atoms with Crippen LogP contribution in [0.2, 0.25) is 0 Å². The average Bonchev–Trinajstić information content (AvgIpc) is 2.61. The number of aliphatic carboxylic acids is 1. The molecule has 1 aliphatic carbocycles. The molecular formula is C19H25F3N2O3. The van der Waals surface area contributed by atoms with E-state index in [0.717, 1.165) is 12.1 Å². The molecular weight excluding hydrogens is 361 g/mol. The number of carbonyl (C=O) groups is 2. The van der Waals surface area contributed by atoms with Crippen LogP contribution >= 0.6 is 0 Å². The van der Waals surface area contributed by atoms with E-state index < -0.39 is 17.7 Å². The number of carboxylic acids is 1. The van der Waals surface area contributed by atoms with Gasteiger partial charge in [-0.15, -0.1) is 0 Å². The van der Waals surface area contributed by atoms with Crippen LogP contribution in [0.15, 0.2) is 24.3 Å². The fraction of sp³-hybridized carbons (Fsp3) is 0.579. The van der Waals surface area contributed by atoms with Crippen molar-refractivity contribution in [1.82, 2.24) is 10.6 Å². The van der Waals surface area contributed by atoms with Crippen LogP contribution < -0.4 is 10.6 Å². The summed E-state index contributed by atoms with van der Waals surface area (Å²) in [5.41, 5.74) is -0.0893. The van der Waals surface area contributed by atoms with Crippen molar-refractivity contribution in [2.24, 2.45) is 5.92 Å². The Morgan fingerprint density at radius 3 is 2.48 bits per heavy atom. The molecule has 0 spiro atoms. The van der Waals surface area contributed by atoms with Gasteiger partial charge in [0, 0.05) is 12.6 Å². The lowest BCUT2D eigenvalue weighted by atomic mass is 9.86. The van der Waals surface area contributed by atoms with Gasteiger partial charge in [-0.25, -0.2) is 4.79 Å². The molecule has 0 bridgehead atoms. The minimum atomic E-state index is -4.37. The number of hydrogen-bond acceptors (Lipinski definition) is 2. The van der Waals surface area contributed by atoms with Crippen LogP contribution in [-0.4, -0.2) is 29.7 Å². The van der Waals surface area contributed by atoms with Crippen molar-refractivity contribution in [2.75, 3.05) is 6.54 Å². The third-order valence-corrected chi connectivity index (χ3v) is 5.06. The first-order valence-corrected chi connectivity index (χ1v) is 9.11. The highest BCUT2D eigenvalue weighted by Crippen LogP contribution is 2.31. The van der Waals surface area contributed by atoms with Gasteiger partial charge in [0.15, 0.2) is 0 Å². The normalized spacial score (nSPS) is 21.3. The van der Waals surface area contributed by atoms with Gasteiger partial charge in [-0.1, -0.05) is 25.1 Å². The quantitative estimate of drug-likeness (QED) is 0.688. The fourth-order valence-electron chi connectivity index (χ4n) is 3.31. The Morgan fingerprint density at radius 2 is 1.89 bits per heavy atom. The molecule has 0 radical (unpaired) electrons. The predicted octanol–water partition coefficient (Wildman–Crippen LogP) is 4.14. The zero-order chi connectivity index (χ0) is 20.0. The van der Waals surface area contributed by atoms with Crippen molar-refractivity contribution in [2.45, 2.75) is 57.2 Å². The molecule has 2 amide bonds. The second kappa shape index (κ2) is 9.10. The van der Waals surface area contributed by atoms with Gasteiger partial charge in [-0.05, 0) is 49.7 Å². The van der Waals surface area contributed by atoms with Crippen LogP contribution in [0.25, 0.3) is 0 Å². The average molecular weight is 386 g/mol. The highest BCUT2D eigenvalue weighted by atomic mass is 19.4. The van der Waals surface area contributed by atoms with E-state index in [2.05, 4.69) is 10.6 Å². The maximum Gasteiger partial charge on any atom is 0.416 e. The largest absolute Gasteiger partial charge is 0.481 e. The van der Waals surface area contributed by atoms with Gasteiger partial charge in [0.05, 0.1) is 11.5 Å². The summed E-state index contributed by atoms with van der Waals surface area (Å²) in [6, 6.07) is 4.86. The molecule has 3 N–H and O–H groups in total. The highest BCUT2D eigenvalue weighted by molar-refractivity contribution is 5.74. The molecule has 2 rings (SSSR count). The Hall–Kier alpha value is -2.25. The van der Waals surface area contributed by atoms with Crippen LogP contribution in [-0.2, 0) is 11.0 Å². The molecule has 0 aromatic heterocycles. The maximum absolute atomic E-state index is 12.8. The molecule has 1 atom stereocenters. The first kappa shape index (κ1) is 21.1. The zero-order valence-electron chi connectivity index (χ0n) is 15.2. The number of amides is 2. The predicted molar refractivity (Wildman–Crippen MR) is 94.4 cm³/mol. The van der Waals surface area contributed by atoms with E-state index >= 15 is 0 Å². The smallest absolute Gasteiger partial charge is 0.416 e. The standard InChI is InChI=1S/C19H25F3N2O3/c1-12(14-3-2-4-15(11-14)19(20,21)22)9-10-23-18(27)24-16-7-5-13(6-8-16)17(25)26/h2-4,11-13,16H,5-10H2,1H3,(H,25,26)(H2,23,24,27). The van der Waals surface area contributed by atoms with E-state index in [1.54, 1.807) is 6.07 Å². The summed E-state index contributed by atoms with van der Waals surface area (Å²) in [6.07, 6.45) is -1.50. The van der Waals surface area contributed by atoms with E-state index in [-0.39, 0.29) is 23.9 Å². The van der Waals surface area contributed by atoms with Crippen LogP contribution in [0, 0.1) is 5.92 Å². The van der Waals surface area contributed by atoms with Gasteiger partial charge in [0.2, 0.25) is 0 Å². The third kappa shape index (κ3) is 6.45. The van der Waals surface area contributed by atoms with Gasteiger partial charge in [0.1, 0.15) is 0 Å². The topological polar surface area (TPSA) is 78.4 Å². The fourth-order valence-corrected chi connectivity index (χ4v) is 3.31. The molecule has 1 unspecified atom stereocenters. The van der Waals surface area contributed by atoms with E-state index in [1.807, 2.05) is 6.92 Å². The Kier molecular flexibility index (Phi) is 7.10. The number of carbonyl (C=O) groups excluding carboxylic acids is 1. The van der Waals surface area contributed by atoms with Gasteiger partial charge >= 0.3 is 18.2 Å². The van der Waals surface area contributed by atoms with Gasteiger partial charge in [-0.2, -0.15) is 13.2 Å². The Balaban J connectivity index is 1.73. The van der Waals surface area contributed by atoms with Crippen molar-refractivity contribution >= 4 is 12.0 Å². The van der Waals surface area contributed by atoms with E-state index in [9.17, 15) is 22.8 Å². The Labute approximate surface area is 156 Å². The first-order chi connectivity index (χ1) is 12.7. The number of rotatable bonds is 6. The minimum Gasteiger partial charge on any atom is -0.481 e. The third-order valence-electron chi connectivity index (χ3n) is 5.06. The highest BCUT2D eigenvalue weighted by Gasteiger charge is 2.30. The number of benzene rings is 1. The van der Waals surface area contributed by atoms with E-state index in [4.69, 9.17) is 5.11 Å². The van der Waals surface area contributed by atoms with Crippen molar-refractivity contribution in [3.63, 3.8) is 0 Å². The first-order valence-electron chi connectivity index (χ1n) is 9.11. The van der Waals surface area contributed by atoms with Crippen LogP contribution in [0.4, 0.5) is 18.0 Å². The van der Waals surface area contributed by atoms with Gasteiger partial charge < -0.3 is 15.7 Å². The van der Waals surface area contributed by atoms with Gasteiger partial charge in [-0.3, -0.25) is 4.79 Å². The molecule has 8 heteroatoms. The Bertz CT molecular complexity index is 656. The van der Waals surface area contributed by atoms with Gasteiger partial charge in [0.25, 0.3) is 0 Å². The summed E-state index contributed by atoms with van der Waals surface area (Å²) in [7, 11) is 0. The van der Waals surface area contributed by atoms with E-state index in [1.165, 1.54) is 6.07 Å². The van der Waals surface area contributed by atoms with Crippen LogP contribution in [0.3, 0.4) is 0 Å². The van der Waals surface area contributed by atoms with Crippen molar-refractivity contribution in [1.29, 1.82) is 0 Å². The molecule has 5 nitrogen and oxygen atoms in total. The molecule has 150 valence electrons. The second-order valence-corrected chi connectivity index (χ2v) is 7.10. The lowest BCUT2D eigenvalue weighted by Crippen LogP contribution is -2.44. The molecule has 0 aliphatic heterocycles. The molecule has 1 aromatic rings. The molecule has 0 heterocycles. The van der Waals surface area contributed by atoms with Crippen LogP contribution in [0.1, 0.15) is 56.1 Å². The summed E-state index contributed by atoms with van der Waals surface area (Å²) in [6.45, 7) is 2.16.